The second-order valence-corrected chi connectivity index (χ2v) is 5.89. The van der Waals surface area contributed by atoms with Gasteiger partial charge in [0.1, 0.15) is 18.1 Å². The van der Waals surface area contributed by atoms with Crippen LogP contribution in [0.15, 0.2) is 36.4 Å². The summed E-state index contributed by atoms with van der Waals surface area (Å²) in [6.45, 7) is 6.62. The Morgan fingerprint density at radius 1 is 1.05 bits per heavy atom. The summed E-state index contributed by atoms with van der Waals surface area (Å²) in [5.41, 5.74) is 10.5. The Kier molecular flexibility index (Phi) is 5.45. The number of hydrogen-bond acceptors (Lipinski definition) is 3. The van der Waals surface area contributed by atoms with Crippen LogP contribution in [0.1, 0.15) is 29.2 Å². The molecule has 0 spiro atoms. The molecule has 1 unspecified atom stereocenters. The molecule has 1 atom stereocenters. The third-order valence-corrected chi connectivity index (χ3v) is 3.63. The van der Waals surface area contributed by atoms with Crippen molar-refractivity contribution in [1.29, 1.82) is 0 Å². The third kappa shape index (κ3) is 4.25. The van der Waals surface area contributed by atoms with E-state index in [0.29, 0.717) is 6.61 Å². The molecule has 3 nitrogen and oxygen atoms in total. The average molecular weight is 299 g/mol. The third-order valence-electron chi connectivity index (χ3n) is 3.63. The van der Waals surface area contributed by atoms with E-state index >= 15 is 0 Å². The van der Waals surface area contributed by atoms with Gasteiger partial charge in [-0.05, 0) is 62.1 Å². The number of aryl methyl sites for hydroxylation is 2. The minimum Gasteiger partial charge on any atom is -0.496 e. The first-order valence-corrected chi connectivity index (χ1v) is 7.61. The summed E-state index contributed by atoms with van der Waals surface area (Å²) >= 11 is 0. The van der Waals surface area contributed by atoms with Gasteiger partial charge in [-0.25, -0.2) is 0 Å². The molecular formula is C19H25NO2. The highest BCUT2D eigenvalue weighted by Crippen LogP contribution is 2.25. The highest BCUT2D eigenvalue weighted by Gasteiger charge is 2.08. The molecule has 3 heteroatoms. The highest BCUT2D eigenvalue weighted by atomic mass is 16.5. The van der Waals surface area contributed by atoms with Gasteiger partial charge in [0.05, 0.1) is 7.11 Å². The standard InChI is InChI=1S/C19H25NO2/c1-13-5-6-14(2)19(9-13)22-12-17-11-16(10-15(3)20)7-8-18(17)21-4/h5-9,11,15H,10,12,20H2,1-4H3. The lowest BCUT2D eigenvalue weighted by Gasteiger charge is -2.14. The van der Waals surface area contributed by atoms with Crippen molar-refractivity contribution < 1.29 is 9.47 Å². The first kappa shape index (κ1) is 16.4. The molecule has 0 bridgehead atoms. The number of benzene rings is 2. The molecule has 0 aliphatic carbocycles. The second-order valence-electron chi connectivity index (χ2n) is 5.89. The maximum absolute atomic E-state index is 5.99. The fourth-order valence-corrected chi connectivity index (χ4v) is 2.46. The minimum absolute atomic E-state index is 0.140. The van der Waals surface area contributed by atoms with Gasteiger partial charge in [-0.2, -0.15) is 0 Å². The van der Waals surface area contributed by atoms with Crippen LogP contribution in [0.5, 0.6) is 11.5 Å². The molecule has 0 aromatic heterocycles. The summed E-state index contributed by atoms with van der Waals surface area (Å²) < 4.78 is 11.4. The predicted molar refractivity (Wildman–Crippen MR) is 90.6 cm³/mol. The van der Waals surface area contributed by atoms with Crippen molar-refractivity contribution in [3.8, 4) is 11.5 Å². The molecule has 0 saturated carbocycles. The first-order chi connectivity index (χ1) is 10.5. The Morgan fingerprint density at radius 2 is 1.82 bits per heavy atom. The van der Waals surface area contributed by atoms with Gasteiger partial charge in [0.2, 0.25) is 0 Å². The van der Waals surface area contributed by atoms with Crippen LogP contribution in [0.4, 0.5) is 0 Å². The molecule has 0 heterocycles. The second kappa shape index (κ2) is 7.32. The van der Waals surface area contributed by atoms with E-state index in [9.17, 15) is 0 Å². The van der Waals surface area contributed by atoms with E-state index < -0.39 is 0 Å². The van der Waals surface area contributed by atoms with Gasteiger partial charge in [-0.3, -0.25) is 0 Å². The Balaban J connectivity index is 2.18. The van der Waals surface area contributed by atoms with Gasteiger partial charge in [-0.15, -0.1) is 0 Å². The van der Waals surface area contributed by atoms with Crippen molar-refractivity contribution in [2.24, 2.45) is 5.73 Å². The summed E-state index contributed by atoms with van der Waals surface area (Å²) in [6.07, 6.45) is 0.848. The monoisotopic (exact) mass is 299 g/mol. The van der Waals surface area contributed by atoms with Crippen LogP contribution < -0.4 is 15.2 Å². The summed E-state index contributed by atoms with van der Waals surface area (Å²) in [6, 6.07) is 12.5. The van der Waals surface area contributed by atoms with Crippen molar-refractivity contribution in [3.05, 3.63) is 58.7 Å². The van der Waals surface area contributed by atoms with Crippen molar-refractivity contribution in [1.82, 2.24) is 0 Å². The number of methoxy groups -OCH3 is 1. The van der Waals surface area contributed by atoms with Crippen LogP contribution in [0, 0.1) is 13.8 Å². The number of nitrogens with two attached hydrogens (primary N) is 1. The number of ether oxygens (including phenoxy) is 2. The van der Waals surface area contributed by atoms with Gasteiger partial charge in [-0.1, -0.05) is 18.2 Å². The lowest BCUT2D eigenvalue weighted by atomic mass is 10.0. The largest absolute Gasteiger partial charge is 0.496 e. The summed E-state index contributed by atoms with van der Waals surface area (Å²) in [5, 5.41) is 0. The fourth-order valence-electron chi connectivity index (χ4n) is 2.46. The van der Waals surface area contributed by atoms with Crippen molar-refractivity contribution in [2.45, 2.75) is 39.8 Å². The molecule has 0 saturated heterocycles. The molecule has 2 aromatic carbocycles. The molecule has 2 rings (SSSR count). The van der Waals surface area contributed by atoms with Gasteiger partial charge in [0.25, 0.3) is 0 Å². The molecule has 0 fully saturated rings. The van der Waals surface area contributed by atoms with Crippen LogP contribution in [-0.2, 0) is 13.0 Å². The fraction of sp³-hybridized carbons (Fsp3) is 0.368. The molecular weight excluding hydrogens is 274 g/mol. The average Bonchev–Trinajstić information content (AvgIpc) is 2.48. The maximum Gasteiger partial charge on any atom is 0.125 e. The Labute approximate surface area is 133 Å². The normalized spacial score (nSPS) is 12.0. The summed E-state index contributed by atoms with van der Waals surface area (Å²) in [7, 11) is 1.68. The lowest BCUT2D eigenvalue weighted by molar-refractivity contribution is 0.294. The maximum atomic E-state index is 5.99. The van der Waals surface area contributed by atoms with Crippen LogP contribution in [0.2, 0.25) is 0 Å². The Hall–Kier alpha value is -2.00. The molecule has 118 valence electrons. The van der Waals surface area contributed by atoms with Crippen molar-refractivity contribution >= 4 is 0 Å². The molecule has 22 heavy (non-hydrogen) atoms. The SMILES string of the molecule is COc1ccc(CC(C)N)cc1COc1cc(C)ccc1C. The zero-order chi connectivity index (χ0) is 16.1. The van der Waals surface area contributed by atoms with E-state index in [0.717, 1.165) is 29.0 Å². The Morgan fingerprint density at radius 3 is 2.50 bits per heavy atom. The van der Waals surface area contributed by atoms with Crippen LogP contribution in [0.25, 0.3) is 0 Å². The Bertz CT molecular complexity index is 635. The smallest absolute Gasteiger partial charge is 0.125 e. The lowest BCUT2D eigenvalue weighted by Crippen LogP contribution is -2.17. The van der Waals surface area contributed by atoms with Crippen LogP contribution >= 0.6 is 0 Å². The van der Waals surface area contributed by atoms with Gasteiger partial charge in [0, 0.05) is 11.6 Å². The van der Waals surface area contributed by atoms with Crippen LogP contribution in [-0.4, -0.2) is 13.2 Å². The minimum atomic E-state index is 0.140. The number of hydrogen-bond donors (Lipinski definition) is 1. The predicted octanol–water partition coefficient (Wildman–Crippen LogP) is 3.78. The van der Waals surface area contributed by atoms with E-state index in [1.54, 1.807) is 7.11 Å². The highest BCUT2D eigenvalue weighted by molar-refractivity contribution is 5.39. The molecule has 2 aromatic rings. The zero-order valence-corrected chi connectivity index (χ0v) is 13.8. The van der Waals surface area contributed by atoms with E-state index in [1.165, 1.54) is 11.1 Å². The summed E-state index contributed by atoms with van der Waals surface area (Å²) in [5.74, 6) is 1.76. The van der Waals surface area contributed by atoms with Crippen molar-refractivity contribution in [3.63, 3.8) is 0 Å². The van der Waals surface area contributed by atoms with Crippen LogP contribution in [0.3, 0.4) is 0 Å². The van der Waals surface area contributed by atoms with E-state index in [-0.39, 0.29) is 6.04 Å². The van der Waals surface area contributed by atoms with E-state index in [2.05, 4.69) is 44.2 Å². The topological polar surface area (TPSA) is 44.5 Å². The van der Waals surface area contributed by atoms with E-state index in [4.69, 9.17) is 15.2 Å². The quantitative estimate of drug-likeness (QED) is 0.883. The van der Waals surface area contributed by atoms with Gasteiger partial charge >= 0.3 is 0 Å². The number of rotatable bonds is 6. The van der Waals surface area contributed by atoms with Gasteiger partial charge < -0.3 is 15.2 Å². The zero-order valence-electron chi connectivity index (χ0n) is 13.8. The molecule has 0 aliphatic heterocycles. The molecule has 0 aliphatic rings. The summed E-state index contributed by atoms with van der Waals surface area (Å²) in [4.78, 5) is 0. The van der Waals surface area contributed by atoms with Gasteiger partial charge in [0.15, 0.2) is 0 Å². The van der Waals surface area contributed by atoms with E-state index in [1.807, 2.05) is 13.0 Å². The molecule has 0 radical (unpaired) electrons. The van der Waals surface area contributed by atoms with Crippen molar-refractivity contribution in [2.75, 3.05) is 7.11 Å². The first-order valence-electron chi connectivity index (χ1n) is 7.61. The molecule has 2 N–H and O–H groups in total. The molecule has 0 amide bonds.